The van der Waals surface area contributed by atoms with E-state index in [9.17, 15) is 0 Å². The number of furan rings is 2. The summed E-state index contributed by atoms with van der Waals surface area (Å²) in [6, 6.07) is 41.9. The number of rotatable bonds is 2. The number of nitrogens with zero attached hydrogens (tertiary/aromatic N) is 4. The van der Waals surface area contributed by atoms with Gasteiger partial charge in [-0.05, 0) is 48.5 Å². The van der Waals surface area contributed by atoms with Gasteiger partial charge in [0.05, 0.1) is 45.2 Å². The third kappa shape index (κ3) is 3.00. The molecule has 5 aromatic carbocycles. The molecular formula is C40H22N4O2. The van der Waals surface area contributed by atoms with Crippen molar-refractivity contribution in [2.75, 3.05) is 0 Å². The van der Waals surface area contributed by atoms with Gasteiger partial charge in [0.1, 0.15) is 22.2 Å². The van der Waals surface area contributed by atoms with Crippen molar-refractivity contribution in [2.24, 2.45) is 0 Å². The van der Waals surface area contributed by atoms with Gasteiger partial charge in [0.2, 0.25) is 0 Å². The summed E-state index contributed by atoms with van der Waals surface area (Å²) in [6.07, 6.45) is 3.92. The smallest absolute Gasteiger partial charge is 0.165 e. The summed E-state index contributed by atoms with van der Waals surface area (Å²) in [5, 5.41) is 6.46. The Morgan fingerprint density at radius 3 is 1.63 bits per heavy atom. The van der Waals surface area contributed by atoms with E-state index >= 15 is 0 Å². The van der Waals surface area contributed by atoms with Crippen LogP contribution in [0.2, 0.25) is 0 Å². The molecule has 0 saturated heterocycles. The second-order valence-corrected chi connectivity index (χ2v) is 11.8. The van der Waals surface area contributed by atoms with Crippen molar-refractivity contribution < 1.29 is 8.83 Å². The molecule has 0 atom stereocenters. The van der Waals surface area contributed by atoms with Gasteiger partial charge in [0.15, 0.2) is 11.2 Å². The molecule has 0 saturated carbocycles. The molecule has 0 aliphatic carbocycles. The second-order valence-electron chi connectivity index (χ2n) is 11.8. The lowest BCUT2D eigenvalue weighted by Gasteiger charge is -2.07. The number of fused-ring (bicyclic) bond motifs is 14. The molecule has 0 amide bonds. The van der Waals surface area contributed by atoms with E-state index in [0.717, 1.165) is 99.1 Å². The van der Waals surface area contributed by atoms with Gasteiger partial charge < -0.3 is 18.0 Å². The van der Waals surface area contributed by atoms with Gasteiger partial charge in [-0.25, -0.2) is 9.97 Å². The van der Waals surface area contributed by atoms with E-state index in [4.69, 9.17) is 18.8 Å². The predicted octanol–water partition coefficient (Wildman–Crippen LogP) is 10.5. The third-order valence-corrected chi connectivity index (χ3v) is 9.40. The minimum Gasteiger partial charge on any atom is -0.456 e. The van der Waals surface area contributed by atoms with Crippen LogP contribution in [0, 0.1) is 0 Å². The van der Waals surface area contributed by atoms with Crippen LogP contribution >= 0.6 is 0 Å². The van der Waals surface area contributed by atoms with Crippen LogP contribution in [0.1, 0.15) is 0 Å². The van der Waals surface area contributed by atoms with Crippen molar-refractivity contribution in [1.82, 2.24) is 19.1 Å². The summed E-state index contributed by atoms with van der Waals surface area (Å²) in [5.41, 5.74) is 11.1. The van der Waals surface area contributed by atoms with Crippen molar-refractivity contribution in [2.45, 2.75) is 0 Å². The Morgan fingerprint density at radius 1 is 0.413 bits per heavy atom. The summed E-state index contributed by atoms with van der Waals surface area (Å²) >= 11 is 0. The maximum absolute atomic E-state index is 6.94. The molecule has 0 bridgehead atoms. The Balaban J connectivity index is 1.26. The van der Waals surface area contributed by atoms with Gasteiger partial charge >= 0.3 is 0 Å². The van der Waals surface area contributed by atoms with Gasteiger partial charge in [-0.2, -0.15) is 0 Å². The van der Waals surface area contributed by atoms with Crippen LogP contribution in [-0.4, -0.2) is 19.1 Å². The lowest BCUT2D eigenvalue weighted by Crippen LogP contribution is -1.94. The number of hydrogen-bond acceptors (Lipinski definition) is 4. The molecule has 11 aromatic rings. The number of benzene rings is 5. The van der Waals surface area contributed by atoms with E-state index in [1.807, 2.05) is 30.6 Å². The van der Waals surface area contributed by atoms with Crippen LogP contribution < -0.4 is 0 Å². The fraction of sp³-hybridized carbons (Fsp3) is 0. The lowest BCUT2D eigenvalue weighted by atomic mass is 10.1. The lowest BCUT2D eigenvalue weighted by molar-refractivity contribution is 0.669. The molecule has 0 fully saturated rings. The molecule has 214 valence electrons. The Morgan fingerprint density at radius 2 is 0.957 bits per heavy atom. The minimum absolute atomic E-state index is 0.744. The van der Waals surface area contributed by atoms with Crippen LogP contribution in [0.3, 0.4) is 0 Å². The number of pyridine rings is 2. The third-order valence-electron chi connectivity index (χ3n) is 9.40. The molecule has 6 heteroatoms. The normalized spacial score (nSPS) is 12.3. The SMILES string of the molecule is c1ccc(-n2c3ccccc3c3c4oc5c(ncc6c5c5ccccc5n6-c5ccc6oc7ccccc7c6c5)c4ncc32)cc1. The molecule has 0 aliphatic heterocycles. The van der Waals surface area contributed by atoms with Gasteiger partial charge in [-0.15, -0.1) is 0 Å². The first-order valence-electron chi connectivity index (χ1n) is 15.3. The number of para-hydroxylation sites is 4. The fourth-order valence-electron chi connectivity index (χ4n) is 7.47. The molecule has 0 spiro atoms. The van der Waals surface area contributed by atoms with E-state index < -0.39 is 0 Å². The molecule has 11 rings (SSSR count). The van der Waals surface area contributed by atoms with Crippen LogP contribution in [0.15, 0.2) is 143 Å². The standard InChI is InChI=1S/C40H22N4O2/c1-2-10-23(11-3-1)43-29-15-7-4-13-26(29)35-31(43)21-41-37-38-40(46-39(35)37)36-27-14-5-8-16-30(27)44(32(36)22-42-38)24-18-19-34-28(20-24)25-12-6-9-17-33(25)45-34/h1-22H. The van der Waals surface area contributed by atoms with Gasteiger partial charge in [0, 0.05) is 32.9 Å². The average molecular weight is 591 g/mol. The van der Waals surface area contributed by atoms with Gasteiger partial charge in [-0.1, -0.05) is 72.8 Å². The Hall–Kier alpha value is -6.40. The predicted molar refractivity (Wildman–Crippen MR) is 185 cm³/mol. The molecule has 0 unspecified atom stereocenters. The Labute approximate surface area is 260 Å². The van der Waals surface area contributed by atoms with E-state index in [-0.39, 0.29) is 0 Å². The maximum Gasteiger partial charge on any atom is 0.165 e. The topological polar surface area (TPSA) is 61.9 Å². The quantitative estimate of drug-likeness (QED) is 0.201. The first-order valence-corrected chi connectivity index (χ1v) is 15.3. The summed E-state index contributed by atoms with van der Waals surface area (Å²) in [4.78, 5) is 10.0. The molecule has 46 heavy (non-hydrogen) atoms. The maximum atomic E-state index is 6.94. The zero-order valence-electron chi connectivity index (χ0n) is 24.3. The van der Waals surface area contributed by atoms with Crippen molar-refractivity contribution in [3.63, 3.8) is 0 Å². The Bertz CT molecular complexity index is 3030. The molecule has 6 heterocycles. The van der Waals surface area contributed by atoms with Crippen molar-refractivity contribution in [1.29, 1.82) is 0 Å². The highest BCUT2D eigenvalue weighted by atomic mass is 16.3. The largest absolute Gasteiger partial charge is 0.456 e. The highest BCUT2D eigenvalue weighted by Crippen LogP contribution is 2.43. The first-order chi connectivity index (χ1) is 22.8. The van der Waals surface area contributed by atoms with E-state index in [1.165, 1.54) is 0 Å². The first kappa shape index (κ1) is 24.0. The van der Waals surface area contributed by atoms with Crippen LogP contribution in [0.25, 0.3) is 99.1 Å². The summed E-state index contributed by atoms with van der Waals surface area (Å²) < 4.78 is 17.6. The Kier molecular flexibility index (Phi) is 4.49. The fourth-order valence-corrected chi connectivity index (χ4v) is 7.47. The molecule has 6 nitrogen and oxygen atoms in total. The summed E-state index contributed by atoms with van der Waals surface area (Å²) in [6.45, 7) is 0. The molecule has 0 radical (unpaired) electrons. The highest BCUT2D eigenvalue weighted by molar-refractivity contribution is 6.27. The summed E-state index contributed by atoms with van der Waals surface area (Å²) in [5.74, 6) is 0. The van der Waals surface area contributed by atoms with Crippen molar-refractivity contribution in [3.8, 4) is 11.4 Å². The van der Waals surface area contributed by atoms with Crippen LogP contribution in [0.5, 0.6) is 0 Å². The van der Waals surface area contributed by atoms with Gasteiger partial charge in [-0.3, -0.25) is 0 Å². The van der Waals surface area contributed by atoms with Crippen LogP contribution in [0.4, 0.5) is 0 Å². The zero-order chi connectivity index (χ0) is 29.9. The number of aromatic nitrogens is 4. The van der Waals surface area contributed by atoms with Crippen LogP contribution in [-0.2, 0) is 0 Å². The zero-order valence-corrected chi connectivity index (χ0v) is 24.3. The van der Waals surface area contributed by atoms with Crippen molar-refractivity contribution in [3.05, 3.63) is 134 Å². The van der Waals surface area contributed by atoms with E-state index in [1.54, 1.807) is 0 Å². The molecule has 6 aromatic heterocycles. The van der Waals surface area contributed by atoms with Crippen molar-refractivity contribution >= 4 is 87.7 Å². The minimum atomic E-state index is 0.744. The van der Waals surface area contributed by atoms with E-state index in [2.05, 4.69) is 112 Å². The van der Waals surface area contributed by atoms with E-state index in [0.29, 0.717) is 0 Å². The molecular weight excluding hydrogens is 568 g/mol. The molecule has 0 N–H and O–H groups in total. The highest BCUT2D eigenvalue weighted by Gasteiger charge is 2.24. The molecule has 0 aliphatic rings. The number of hydrogen-bond donors (Lipinski definition) is 0. The average Bonchev–Trinajstić information content (AvgIpc) is 3.85. The monoisotopic (exact) mass is 590 g/mol. The summed E-state index contributed by atoms with van der Waals surface area (Å²) in [7, 11) is 0. The second kappa shape index (κ2) is 8.61. The van der Waals surface area contributed by atoms with Gasteiger partial charge in [0.25, 0.3) is 0 Å².